The van der Waals surface area contributed by atoms with Crippen LogP contribution < -0.4 is 16.4 Å². The van der Waals surface area contributed by atoms with Crippen molar-refractivity contribution in [3.63, 3.8) is 0 Å². The Morgan fingerprint density at radius 2 is 1.50 bits per heavy atom. The van der Waals surface area contributed by atoms with Crippen molar-refractivity contribution >= 4 is 49.9 Å². The van der Waals surface area contributed by atoms with Crippen molar-refractivity contribution in [3.05, 3.63) is 83.3 Å². The van der Waals surface area contributed by atoms with E-state index in [9.17, 15) is 0 Å². The maximum absolute atomic E-state index is 4.98. The number of pyridine rings is 1. The minimum Gasteiger partial charge on any atom is -0.248 e. The fraction of sp³-hybridized carbons (Fsp3) is 0. The molecule has 0 amide bonds. The summed E-state index contributed by atoms with van der Waals surface area (Å²) < 4.78 is 1.11. The predicted octanol–water partition coefficient (Wildman–Crippen LogP) is 3.49. The maximum atomic E-state index is 4.98. The average molecular weight is 370 g/mol. The topological polar surface area (TPSA) is 12.9 Å². The molecule has 0 bridgehead atoms. The second-order valence-corrected chi connectivity index (χ2v) is 7.11. The van der Waals surface area contributed by atoms with Crippen molar-refractivity contribution < 1.29 is 0 Å². The molecular weight excluding hydrogens is 357 g/mol. The van der Waals surface area contributed by atoms with Crippen LogP contribution in [0.3, 0.4) is 0 Å². The molecule has 24 heavy (non-hydrogen) atoms. The molecule has 0 saturated heterocycles. The van der Waals surface area contributed by atoms with Crippen molar-refractivity contribution in [2.75, 3.05) is 0 Å². The van der Waals surface area contributed by atoms with E-state index in [-0.39, 0.29) is 6.71 Å². The molecule has 4 aromatic rings. The third-order valence-corrected chi connectivity index (χ3v) is 5.32. The highest BCUT2D eigenvalue weighted by Crippen LogP contribution is 2.24. The fourth-order valence-electron chi connectivity index (χ4n) is 3.71. The first kappa shape index (κ1) is 14.0. The summed E-state index contributed by atoms with van der Waals surface area (Å²) in [5.41, 5.74) is 7.39. The van der Waals surface area contributed by atoms with E-state index in [2.05, 4.69) is 94.8 Å². The number of rotatable bonds is 1. The number of benzene rings is 3. The zero-order valence-corrected chi connectivity index (χ0v) is 14.5. The molecule has 2 heterocycles. The van der Waals surface area contributed by atoms with E-state index in [1.807, 2.05) is 0 Å². The molecule has 112 valence electrons. The monoisotopic (exact) mass is 369 g/mol. The Balaban J connectivity index is 1.82. The summed E-state index contributed by atoms with van der Waals surface area (Å²) in [5, 5.41) is 1.20. The minimum atomic E-state index is 0.251. The summed E-state index contributed by atoms with van der Waals surface area (Å²) in [6.07, 6.45) is 0. The van der Waals surface area contributed by atoms with Crippen LogP contribution in [0.2, 0.25) is 0 Å². The van der Waals surface area contributed by atoms with Gasteiger partial charge in [-0.1, -0.05) is 87.5 Å². The lowest BCUT2D eigenvalue weighted by atomic mass is 9.39. The van der Waals surface area contributed by atoms with Gasteiger partial charge in [0.05, 0.1) is 11.2 Å². The number of fused-ring (bicyclic) bond motifs is 4. The Labute approximate surface area is 149 Å². The van der Waals surface area contributed by atoms with Crippen molar-refractivity contribution in [2.24, 2.45) is 0 Å². The molecule has 0 radical (unpaired) electrons. The van der Waals surface area contributed by atoms with Crippen molar-refractivity contribution in [1.82, 2.24) is 4.98 Å². The second-order valence-electron chi connectivity index (χ2n) is 6.19. The summed E-state index contributed by atoms with van der Waals surface area (Å²) in [5.74, 6) is 0. The summed E-state index contributed by atoms with van der Waals surface area (Å²) in [6, 6.07) is 27.9. The third-order valence-electron chi connectivity index (χ3n) is 4.79. The first-order valence-electron chi connectivity index (χ1n) is 8.06. The number of nitrogens with zero attached hydrogens (tertiary/aromatic N) is 1. The van der Waals surface area contributed by atoms with Gasteiger partial charge in [-0.05, 0) is 34.6 Å². The lowest BCUT2D eigenvalue weighted by Gasteiger charge is -2.11. The van der Waals surface area contributed by atoms with Crippen molar-refractivity contribution in [3.8, 4) is 11.3 Å². The van der Waals surface area contributed by atoms with Gasteiger partial charge < -0.3 is 0 Å². The SMILES string of the molecule is Brc1ccc(B2c3ccccc3-c3nc4ccccc4cc32)cc1. The van der Waals surface area contributed by atoms with Crippen LogP contribution in [0, 0.1) is 0 Å². The lowest BCUT2D eigenvalue weighted by Crippen LogP contribution is -2.48. The maximum Gasteiger partial charge on any atom is 0.244 e. The zero-order chi connectivity index (χ0) is 16.1. The van der Waals surface area contributed by atoms with Gasteiger partial charge in [0, 0.05) is 4.47 Å². The Kier molecular flexibility index (Phi) is 3.10. The molecule has 0 atom stereocenters. The number of para-hydroxylation sites is 1. The minimum absolute atomic E-state index is 0.251. The van der Waals surface area contributed by atoms with E-state index in [0.29, 0.717) is 0 Å². The summed E-state index contributed by atoms with van der Waals surface area (Å²) in [6.45, 7) is 0.251. The predicted molar refractivity (Wildman–Crippen MR) is 106 cm³/mol. The smallest absolute Gasteiger partial charge is 0.244 e. The second kappa shape index (κ2) is 5.32. The molecule has 0 saturated carbocycles. The summed E-state index contributed by atoms with van der Waals surface area (Å²) in [4.78, 5) is 4.98. The van der Waals surface area contributed by atoms with Crippen molar-refractivity contribution in [1.29, 1.82) is 0 Å². The Morgan fingerprint density at radius 3 is 2.38 bits per heavy atom. The van der Waals surface area contributed by atoms with E-state index in [0.717, 1.165) is 15.7 Å². The zero-order valence-electron chi connectivity index (χ0n) is 12.9. The highest BCUT2D eigenvalue weighted by Gasteiger charge is 2.34. The number of hydrogen-bond acceptors (Lipinski definition) is 1. The standard InChI is InChI=1S/C21H13BBrN/c23-16-11-9-15(10-12-16)22-18-7-3-2-6-17(18)21-19(22)13-14-5-1-4-8-20(14)24-21/h1-13H. The quantitative estimate of drug-likeness (QED) is 0.412. The van der Waals surface area contributed by atoms with Crippen molar-refractivity contribution in [2.45, 2.75) is 0 Å². The first-order valence-corrected chi connectivity index (χ1v) is 8.85. The normalized spacial score (nSPS) is 12.3. The van der Waals surface area contributed by atoms with E-state index >= 15 is 0 Å². The number of halogens is 1. The molecule has 1 aliphatic heterocycles. The molecule has 5 rings (SSSR count). The van der Waals surface area contributed by atoms with Gasteiger partial charge in [-0.3, -0.25) is 0 Å². The van der Waals surface area contributed by atoms with Gasteiger partial charge in [0.15, 0.2) is 0 Å². The van der Waals surface area contributed by atoms with Crippen LogP contribution in [-0.4, -0.2) is 11.7 Å². The molecule has 1 aromatic heterocycles. The molecule has 0 fully saturated rings. The van der Waals surface area contributed by atoms with E-state index in [1.54, 1.807) is 0 Å². The first-order chi connectivity index (χ1) is 11.8. The highest BCUT2D eigenvalue weighted by molar-refractivity contribution is 9.10. The van der Waals surface area contributed by atoms with Crippen LogP contribution in [0.4, 0.5) is 0 Å². The highest BCUT2D eigenvalue weighted by atomic mass is 79.9. The van der Waals surface area contributed by atoms with Gasteiger partial charge in [-0.2, -0.15) is 0 Å². The molecule has 0 spiro atoms. The van der Waals surface area contributed by atoms with Gasteiger partial charge in [-0.25, -0.2) is 4.98 Å². The summed E-state index contributed by atoms with van der Waals surface area (Å²) in [7, 11) is 0. The van der Waals surface area contributed by atoms with E-state index < -0.39 is 0 Å². The molecule has 0 N–H and O–H groups in total. The molecule has 1 aliphatic rings. The van der Waals surface area contributed by atoms with Crippen LogP contribution >= 0.6 is 15.9 Å². The van der Waals surface area contributed by atoms with Gasteiger partial charge in [0.25, 0.3) is 0 Å². The Morgan fingerprint density at radius 1 is 0.750 bits per heavy atom. The molecule has 0 unspecified atom stereocenters. The molecular formula is C21H13BBrN. The summed E-state index contributed by atoms with van der Waals surface area (Å²) >= 11 is 3.54. The van der Waals surface area contributed by atoms with Crippen LogP contribution in [0.1, 0.15) is 0 Å². The Bertz CT molecular complexity index is 1070. The number of aromatic nitrogens is 1. The third kappa shape index (κ3) is 2.05. The van der Waals surface area contributed by atoms with Gasteiger partial charge in [0.1, 0.15) is 0 Å². The van der Waals surface area contributed by atoms with E-state index in [1.165, 1.54) is 27.3 Å². The molecule has 0 aliphatic carbocycles. The van der Waals surface area contributed by atoms with Crippen LogP contribution in [-0.2, 0) is 0 Å². The average Bonchev–Trinajstić information content (AvgIpc) is 2.94. The molecule has 3 aromatic carbocycles. The van der Waals surface area contributed by atoms with Gasteiger partial charge >= 0.3 is 0 Å². The van der Waals surface area contributed by atoms with Crippen LogP contribution in [0.5, 0.6) is 0 Å². The largest absolute Gasteiger partial charge is 0.248 e. The van der Waals surface area contributed by atoms with Crippen LogP contribution in [0.25, 0.3) is 22.2 Å². The molecule has 3 heteroatoms. The number of hydrogen-bond donors (Lipinski definition) is 0. The molecule has 1 nitrogen and oxygen atoms in total. The van der Waals surface area contributed by atoms with Gasteiger partial charge in [0.2, 0.25) is 6.71 Å². The van der Waals surface area contributed by atoms with E-state index in [4.69, 9.17) is 4.98 Å². The van der Waals surface area contributed by atoms with Gasteiger partial charge in [-0.15, -0.1) is 0 Å². The Hall–Kier alpha value is -2.39. The van der Waals surface area contributed by atoms with Crippen LogP contribution in [0.15, 0.2) is 83.3 Å². The fourth-order valence-corrected chi connectivity index (χ4v) is 3.98. The lowest BCUT2D eigenvalue weighted by molar-refractivity contribution is 1.43.